The van der Waals surface area contributed by atoms with E-state index in [0.29, 0.717) is 14.7 Å². The van der Waals surface area contributed by atoms with Crippen LogP contribution in [0.4, 0.5) is 0 Å². The highest BCUT2D eigenvalue weighted by atomic mass is 32.2. The summed E-state index contributed by atoms with van der Waals surface area (Å²) in [6.45, 7) is 0. The molecule has 0 bridgehead atoms. The van der Waals surface area contributed by atoms with Crippen molar-refractivity contribution in [2.24, 2.45) is 0 Å². The van der Waals surface area contributed by atoms with Crippen LogP contribution in [0, 0.1) is 0 Å². The lowest BCUT2D eigenvalue weighted by Gasteiger charge is -2.13. The van der Waals surface area contributed by atoms with Gasteiger partial charge in [-0.25, -0.2) is 8.42 Å². The molecule has 0 aliphatic heterocycles. The highest BCUT2D eigenvalue weighted by molar-refractivity contribution is 8.00. The van der Waals surface area contributed by atoms with Crippen LogP contribution in [0.2, 0.25) is 0 Å². The summed E-state index contributed by atoms with van der Waals surface area (Å²) in [6, 6.07) is 12.4. The highest BCUT2D eigenvalue weighted by Gasteiger charge is 2.32. The van der Waals surface area contributed by atoms with E-state index < -0.39 is 49.7 Å². The van der Waals surface area contributed by atoms with Crippen molar-refractivity contribution in [3.05, 3.63) is 60.7 Å². The molecular weight excluding hydrogens is 537 g/mol. The quantitative estimate of drug-likeness (QED) is 0.267. The minimum absolute atomic E-state index is 0.247. The van der Waals surface area contributed by atoms with Crippen LogP contribution in [0.1, 0.15) is 0 Å². The smallest absolute Gasteiger partial charge is 0.282 e. The molecule has 3 aromatic carbocycles. The number of thiol groups is 2. The number of hydrogen-bond donors (Lipinski definition) is 4. The summed E-state index contributed by atoms with van der Waals surface area (Å²) in [5.74, 6) is 0. The number of sulfone groups is 1. The van der Waals surface area contributed by atoms with Crippen LogP contribution in [-0.2, 0) is 30.1 Å². The van der Waals surface area contributed by atoms with Gasteiger partial charge in [0.05, 0.1) is 9.79 Å². The third-order valence-corrected chi connectivity index (χ3v) is 10.2. The Labute approximate surface area is 200 Å². The van der Waals surface area contributed by atoms with E-state index in [0.717, 1.165) is 36.0 Å². The number of hydrogen-bond acceptors (Lipinski definition) is 9. The Bertz CT molecular complexity index is 1510. The first-order valence-electron chi connectivity index (χ1n) is 8.35. The molecule has 0 atom stereocenters. The molecule has 0 saturated carbocycles. The van der Waals surface area contributed by atoms with Crippen molar-refractivity contribution in [1.29, 1.82) is 0 Å². The predicted octanol–water partition coefficient (Wildman–Crippen LogP) is 3.74. The molecule has 0 amide bonds. The molecule has 0 unspecified atom stereocenters. The van der Waals surface area contributed by atoms with E-state index in [2.05, 4.69) is 25.3 Å². The van der Waals surface area contributed by atoms with Crippen LogP contribution in [-0.4, -0.2) is 34.4 Å². The van der Waals surface area contributed by atoms with Crippen LogP contribution in [0.25, 0.3) is 0 Å². The summed E-state index contributed by atoms with van der Waals surface area (Å²) in [5, 5.41) is 0. The monoisotopic (exact) mass is 550 g/mol. The zero-order valence-corrected chi connectivity index (χ0v) is 20.7. The van der Waals surface area contributed by atoms with Gasteiger partial charge in [0, 0.05) is 19.6 Å². The summed E-state index contributed by atoms with van der Waals surface area (Å²) in [6.07, 6.45) is 0. The van der Waals surface area contributed by atoms with Crippen LogP contribution in [0.3, 0.4) is 0 Å². The van der Waals surface area contributed by atoms with Gasteiger partial charge in [0.25, 0.3) is 20.2 Å². The fourth-order valence-electron chi connectivity index (χ4n) is 2.71. The maximum atomic E-state index is 13.2. The minimum atomic E-state index is -5.05. The van der Waals surface area contributed by atoms with Crippen molar-refractivity contribution < 1.29 is 34.4 Å². The first-order valence-corrected chi connectivity index (χ1v) is 14.4. The van der Waals surface area contributed by atoms with E-state index in [1.807, 2.05) is 0 Å². The first-order chi connectivity index (χ1) is 14.7. The van der Waals surface area contributed by atoms with Gasteiger partial charge in [-0.2, -0.15) is 16.8 Å². The predicted molar refractivity (Wildman–Crippen MR) is 123 cm³/mol. The van der Waals surface area contributed by atoms with E-state index in [1.165, 1.54) is 18.2 Å². The maximum Gasteiger partial charge on any atom is 0.295 e. The molecule has 0 spiro atoms. The van der Waals surface area contributed by atoms with Gasteiger partial charge in [0.2, 0.25) is 9.84 Å². The third-order valence-electron chi connectivity index (χ3n) is 4.09. The largest absolute Gasteiger partial charge is 0.295 e. The molecule has 32 heavy (non-hydrogen) atoms. The lowest BCUT2D eigenvalue weighted by atomic mass is 10.3. The Kier molecular flexibility index (Phi) is 7.08. The Morgan fingerprint density at radius 2 is 1.12 bits per heavy atom. The zero-order valence-electron chi connectivity index (χ0n) is 15.6. The maximum absolute atomic E-state index is 13.2. The summed E-state index contributed by atoms with van der Waals surface area (Å²) >= 11 is 9.67. The summed E-state index contributed by atoms with van der Waals surface area (Å²) in [4.78, 5) is -1.70. The minimum Gasteiger partial charge on any atom is -0.282 e. The lowest BCUT2D eigenvalue weighted by molar-refractivity contribution is 0.479. The standard InChI is InChI=1S/C18H14O8S6/c19-30(20,14-6-1-2-7-16(14)31(21,22)23)15-9-8-11(10-17(15)32(24,25)26)29-18-12(27)4-3-5-13(18)28/h1-10,27-28H,(H,21,22,23)(H,24,25,26). The van der Waals surface area contributed by atoms with Crippen LogP contribution in [0.5, 0.6) is 0 Å². The zero-order chi connectivity index (χ0) is 23.9. The summed E-state index contributed by atoms with van der Waals surface area (Å²) < 4.78 is 92.8. The van der Waals surface area contributed by atoms with E-state index in [1.54, 1.807) is 18.2 Å². The van der Waals surface area contributed by atoms with E-state index >= 15 is 0 Å². The molecule has 0 aliphatic rings. The van der Waals surface area contributed by atoms with Crippen molar-refractivity contribution in [1.82, 2.24) is 0 Å². The first kappa shape index (κ1) is 25.1. The number of benzene rings is 3. The van der Waals surface area contributed by atoms with Gasteiger partial charge in [-0.15, -0.1) is 25.3 Å². The summed E-state index contributed by atoms with van der Waals surface area (Å²) in [7, 11) is -14.8. The van der Waals surface area contributed by atoms with Crippen LogP contribution >= 0.6 is 37.0 Å². The topological polar surface area (TPSA) is 143 Å². The second kappa shape index (κ2) is 9.02. The second-order valence-corrected chi connectivity index (χ2v) is 13.0. The van der Waals surface area contributed by atoms with Crippen LogP contribution in [0.15, 0.2) is 99.8 Å². The number of rotatable bonds is 6. The van der Waals surface area contributed by atoms with Crippen LogP contribution < -0.4 is 0 Å². The van der Waals surface area contributed by atoms with Crippen molar-refractivity contribution >= 4 is 67.1 Å². The fourth-order valence-corrected chi connectivity index (χ4v) is 8.32. The summed E-state index contributed by atoms with van der Waals surface area (Å²) in [5.41, 5.74) is 0. The lowest BCUT2D eigenvalue weighted by Crippen LogP contribution is -2.13. The fraction of sp³-hybridized carbons (Fsp3) is 0. The van der Waals surface area contributed by atoms with Gasteiger partial charge in [0.15, 0.2) is 0 Å². The molecule has 0 aromatic heterocycles. The molecule has 0 radical (unpaired) electrons. The van der Waals surface area contributed by atoms with Gasteiger partial charge in [0.1, 0.15) is 9.79 Å². The molecule has 3 aromatic rings. The molecule has 0 heterocycles. The average molecular weight is 551 g/mol. The van der Waals surface area contributed by atoms with Crippen molar-refractivity contribution in [2.45, 2.75) is 39.2 Å². The SMILES string of the molecule is O=S(=O)(O)c1ccccc1S(=O)(=O)c1ccc(Sc2c(S)cccc2S)cc1S(=O)(=O)O. The normalized spacial score (nSPS) is 12.6. The highest BCUT2D eigenvalue weighted by Crippen LogP contribution is 2.39. The third kappa shape index (κ3) is 5.17. The van der Waals surface area contributed by atoms with Gasteiger partial charge in [-0.1, -0.05) is 30.0 Å². The average Bonchev–Trinajstić information content (AvgIpc) is 2.69. The Hall–Kier alpha value is -1.52. The molecule has 170 valence electrons. The Morgan fingerprint density at radius 1 is 0.625 bits per heavy atom. The molecule has 2 N–H and O–H groups in total. The molecule has 0 aliphatic carbocycles. The van der Waals surface area contributed by atoms with Gasteiger partial charge in [-0.3, -0.25) is 9.11 Å². The van der Waals surface area contributed by atoms with E-state index in [4.69, 9.17) is 0 Å². The molecule has 3 rings (SSSR count). The van der Waals surface area contributed by atoms with Gasteiger partial charge in [-0.05, 0) is 42.5 Å². The van der Waals surface area contributed by atoms with Gasteiger partial charge < -0.3 is 0 Å². The van der Waals surface area contributed by atoms with E-state index in [-0.39, 0.29) is 4.90 Å². The molecule has 14 heteroatoms. The van der Waals surface area contributed by atoms with Crippen molar-refractivity contribution in [3.63, 3.8) is 0 Å². The second-order valence-electron chi connectivity index (χ2n) is 6.24. The van der Waals surface area contributed by atoms with Gasteiger partial charge >= 0.3 is 0 Å². The molecule has 8 nitrogen and oxygen atoms in total. The van der Waals surface area contributed by atoms with Crippen molar-refractivity contribution in [3.8, 4) is 0 Å². The Balaban J connectivity index is 2.23. The van der Waals surface area contributed by atoms with E-state index in [9.17, 15) is 34.4 Å². The Morgan fingerprint density at radius 3 is 1.66 bits per heavy atom. The molecule has 0 saturated heterocycles. The molecular formula is C18H14O8S6. The van der Waals surface area contributed by atoms with Crippen molar-refractivity contribution in [2.75, 3.05) is 0 Å². The molecule has 0 fully saturated rings.